The van der Waals surface area contributed by atoms with Crippen LogP contribution in [0, 0.1) is 0 Å². The minimum absolute atomic E-state index is 0.943. The maximum absolute atomic E-state index is 6.29. The van der Waals surface area contributed by atoms with Gasteiger partial charge in [-0.25, -0.2) is 0 Å². The van der Waals surface area contributed by atoms with Crippen LogP contribution in [-0.4, -0.2) is 0 Å². The summed E-state index contributed by atoms with van der Waals surface area (Å²) in [5, 5.41) is 7.32. The Morgan fingerprint density at radius 2 is 0.840 bits per heavy atom. The van der Waals surface area contributed by atoms with E-state index in [0.717, 1.165) is 33.8 Å². The molecule has 0 spiro atoms. The second kappa shape index (κ2) is 11.5. The molecule has 2 nitrogen and oxygen atoms in total. The summed E-state index contributed by atoms with van der Waals surface area (Å²) in [6.07, 6.45) is 0. The third kappa shape index (κ3) is 4.73. The average Bonchev–Trinajstić information content (AvgIpc) is 3.58. The lowest BCUT2D eigenvalue weighted by atomic mass is 9.95. The molecule has 50 heavy (non-hydrogen) atoms. The zero-order valence-corrected chi connectivity index (χ0v) is 27.3. The summed E-state index contributed by atoms with van der Waals surface area (Å²) in [5.74, 6) is 0. The van der Waals surface area contributed by atoms with Crippen LogP contribution in [0.1, 0.15) is 0 Å². The smallest absolute Gasteiger partial charge is 0.136 e. The van der Waals surface area contributed by atoms with Crippen molar-refractivity contribution in [3.8, 4) is 33.4 Å². The zero-order valence-electron chi connectivity index (χ0n) is 27.3. The number of furan rings is 1. The van der Waals surface area contributed by atoms with Gasteiger partial charge in [0.1, 0.15) is 11.2 Å². The maximum atomic E-state index is 6.29. The molecule has 0 N–H and O–H groups in total. The monoisotopic (exact) mass is 637 g/mol. The van der Waals surface area contributed by atoms with E-state index in [1.807, 2.05) is 0 Å². The Labute approximate surface area is 290 Å². The number of hydrogen-bond acceptors (Lipinski definition) is 2. The van der Waals surface area contributed by atoms with E-state index in [4.69, 9.17) is 4.42 Å². The van der Waals surface area contributed by atoms with Crippen molar-refractivity contribution in [3.05, 3.63) is 188 Å². The Morgan fingerprint density at radius 1 is 0.320 bits per heavy atom. The van der Waals surface area contributed by atoms with Gasteiger partial charge in [0.15, 0.2) is 0 Å². The van der Waals surface area contributed by atoms with Crippen LogP contribution in [0.4, 0.5) is 17.1 Å². The number of anilines is 3. The molecule has 10 rings (SSSR count). The Morgan fingerprint density at radius 3 is 1.56 bits per heavy atom. The minimum atomic E-state index is 0.943. The van der Waals surface area contributed by atoms with Crippen molar-refractivity contribution in [3.63, 3.8) is 0 Å². The van der Waals surface area contributed by atoms with E-state index < -0.39 is 0 Å². The third-order valence-corrected chi connectivity index (χ3v) is 10.0. The summed E-state index contributed by atoms with van der Waals surface area (Å²) in [4.78, 5) is 2.34. The molecule has 0 aliphatic carbocycles. The highest BCUT2D eigenvalue weighted by Gasteiger charge is 2.16. The van der Waals surface area contributed by atoms with Gasteiger partial charge in [-0.05, 0) is 98.1 Å². The number of rotatable bonds is 6. The fourth-order valence-electron chi connectivity index (χ4n) is 7.54. The molecule has 9 aromatic carbocycles. The Kier molecular flexibility index (Phi) is 6.53. The number of benzene rings is 9. The molecule has 0 saturated heterocycles. The molecular formula is C48H31NO. The number of hydrogen-bond donors (Lipinski definition) is 0. The maximum Gasteiger partial charge on any atom is 0.136 e. The summed E-state index contributed by atoms with van der Waals surface area (Å²) in [6.45, 7) is 0. The molecule has 0 fully saturated rings. The van der Waals surface area contributed by atoms with E-state index in [9.17, 15) is 0 Å². The van der Waals surface area contributed by atoms with Gasteiger partial charge in [-0.15, -0.1) is 0 Å². The molecule has 2 heteroatoms. The van der Waals surface area contributed by atoms with Crippen LogP contribution in [0.15, 0.2) is 192 Å². The zero-order chi connectivity index (χ0) is 33.0. The minimum Gasteiger partial charge on any atom is -0.456 e. The molecule has 1 aromatic heterocycles. The third-order valence-electron chi connectivity index (χ3n) is 10.0. The predicted octanol–water partition coefficient (Wildman–Crippen LogP) is 13.8. The molecule has 1 heterocycles. The first-order valence-corrected chi connectivity index (χ1v) is 17.1. The fraction of sp³-hybridized carbons (Fsp3) is 0. The highest BCUT2D eigenvalue weighted by atomic mass is 16.3. The van der Waals surface area contributed by atoms with Crippen molar-refractivity contribution in [2.45, 2.75) is 0 Å². The van der Waals surface area contributed by atoms with Gasteiger partial charge in [-0.2, -0.15) is 0 Å². The highest BCUT2D eigenvalue weighted by molar-refractivity contribution is 6.22. The summed E-state index contributed by atoms with van der Waals surface area (Å²) in [5.41, 5.74) is 12.4. The van der Waals surface area contributed by atoms with E-state index in [0.29, 0.717) is 0 Å². The SMILES string of the molecule is c1ccc(N(c2ccc(-c3ccc(-c4ccc(-c5cc6ccc7cccc8oc(c5)c6c78)cc4)cc3)cc2)c2cccc3ccccc23)cc1. The Hall–Kier alpha value is -6.64. The number of para-hydroxylation sites is 1. The van der Waals surface area contributed by atoms with Gasteiger partial charge in [-0.1, -0.05) is 140 Å². The van der Waals surface area contributed by atoms with Gasteiger partial charge < -0.3 is 9.32 Å². The first-order valence-electron chi connectivity index (χ1n) is 17.1. The van der Waals surface area contributed by atoms with Crippen LogP contribution in [0.2, 0.25) is 0 Å². The largest absolute Gasteiger partial charge is 0.456 e. The van der Waals surface area contributed by atoms with Crippen molar-refractivity contribution in [1.29, 1.82) is 0 Å². The molecule has 0 unspecified atom stereocenters. The lowest BCUT2D eigenvalue weighted by Crippen LogP contribution is -2.10. The first kappa shape index (κ1) is 28.4. The van der Waals surface area contributed by atoms with Gasteiger partial charge in [0, 0.05) is 27.5 Å². The standard InChI is InChI=1S/C48H31NO/c1-2-11-41(12-3-1)49(44-14-6-9-37-8-4-5-13-43(37)44)42-28-26-35(27-29-42)34-18-16-32(17-19-34)33-20-22-36(23-21-33)40-30-39-25-24-38-10-7-15-45-47(38)48(39)46(31-40)50-45/h1-31H. The molecule has 10 aromatic rings. The summed E-state index contributed by atoms with van der Waals surface area (Å²) >= 11 is 0. The van der Waals surface area contributed by atoms with Gasteiger partial charge >= 0.3 is 0 Å². The molecule has 0 atom stereocenters. The van der Waals surface area contributed by atoms with Crippen LogP contribution >= 0.6 is 0 Å². The lowest BCUT2D eigenvalue weighted by Gasteiger charge is -2.27. The summed E-state index contributed by atoms with van der Waals surface area (Å²) < 4.78 is 6.29. The predicted molar refractivity (Wildman–Crippen MR) is 211 cm³/mol. The van der Waals surface area contributed by atoms with Gasteiger partial charge in [0.05, 0.1) is 5.69 Å². The lowest BCUT2D eigenvalue weighted by molar-refractivity contribution is 0.669. The van der Waals surface area contributed by atoms with Gasteiger partial charge in [-0.3, -0.25) is 0 Å². The summed E-state index contributed by atoms with van der Waals surface area (Å²) in [7, 11) is 0. The fourth-order valence-corrected chi connectivity index (χ4v) is 7.54. The van der Waals surface area contributed by atoms with E-state index in [1.54, 1.807) is 0 Å². The molecule has 0 bridgehead atoms. The molecule has 0 amide bonds. The Bertz CT molecular complexity index is 2770. The Balaban J connectivity index is 0.927. The van der Waals surface area contributed by atoms with E-state index in [-0.39, 0.29) is 0 Å². The van der Waals surface area contributed by atoms with Crippen molar-refractivity contribution < 1.29 is 4.42 Å². The van der Waals surface area contributed by atoms with Crippen molar-refractivity contribution in [1.82, 2.24) is 0 Å². The number of nitrogens with zero attached hydrogens (tertiary/aromatic N) is 1. The van der Waals surface area contributed by atoms with Crippen LogP contribution in [-0.2, 0) is 0 Å². The van der Waals surface area contributed by atoms with Crippen molar-refractivity contribution in [2.75, 3.05) is 4.90 Å². The quantitative estimate of drug-likeness (QED) is 0.169. The molecule has 0 saturated carbocycles. The number of fused-ring (bicyclic) bond motifs is 1. The van der Waals surface area contributed by atoms with Gasteiger partial charge in [0.25, 0.3) is 0 Å². The molecule has 234 valence electrons. The molecular weight excluding hydrogens is 607 g/mol. The van der Waals surface area contributed by atoms with Crippen molar-refractivity contribution in [2.24, 2.45) is 0 Å². The van der Waals surface area contributed by atoms with Crippen LogP contribution in [0.25, 0.3) is 76.9 Å². The van der Waals surface area contributed by atoms with Crippen LogP contribution in [0.5, 0.6) is 0 Å². The van der Waals surface area contributed by atoms with Crippen LogP contribution in [0.3, 0.4) is 0 Å². The van der Waals surface area contributed by atoms with E-state index >= 15 is 0 Å². The topological polar surface area (TPSA) is 16.4 Å². The average molecular weight is 638 g/mol. The van der Waals surface area contributed by atoms with Crippen LogP contribution < -0.4 is 4.90 Å². The second-order valence-corrected chi connectivity index (χ2v) is 13.0. The van der Waals surface area contributed by atoms with E-state index in [1.165, 1.54) is 60.1 Å². The second-order valence-electron chi connectivity index (χ2n) is 13.0. The highest BCUT2D eigenvalue weighted by Crippen LogP contribution is 2.41. The normalized spacial score (nSPS) is 11.6. The summed E-state index contributed by atoms with van der Waals surface area (Å²) in [6, 6.07) is 67.5. The first-order chi connectivity index (χ1) is 24.8. The van der Waals surface area contributed by atoms with Gasteiger partial charge in [0.2, 0.25) is 0 Å². The molecule has 0 aliphatic heterocycles. The van der Waals surface area contributed by atoms with Crippen molar-refractivity contribution >= 4 is 60.5 Å². The molecule has 0 radical (unpaired) electrons. The molecule has 0 aliphatic rings. The van der Waals surface area contributed by atoms with E-state index in [2.05, 4.69) is 193 Å².